The van der Waals surface area contributed by atoms with Crippen molar-refractivity contribution in [3.63, 3.8) is 0 Å². The summed E-state index contributed by atoms with van der Waals surface area (Å²) in [5.74, 6) is -0.537. The van der Waals surface area contributed by atoms with E-state index in [0.29, 0.717) is 11.3 Å². The molecule has 0 amide bonds. The molecule has 0 aliphatic heterocycles. The summed E-state index contributed by atoms with van der Waals surface area (Å²) in [6.07, 6.45) is 2.73. The highest BCUT2D eigenvalue weighted by Gasteiger charge is 2.00. The molecule has 0 aromatic carbocycles. The summed E-state index contributed by atoms with van der Waals surface area (Å²) in [7, 11) is 0. The van der Waals surface area contributed by atoms with Crippen LogP contribution in [0.4, 0.5) is 10.1 Å². The molecule has 0 aliphatic rings. The molecule has 0 N–H and O–H groups in total. The minimum atomic E-state index is -0.537. The van der Waals surface area contributed by atoms with Crippen molar-refractivity contribution in [2.75, 3.05) is 0 Å². The number of rotatable bonds is 2. The minimum absolute atomic E-state index is 0.258. The maximum atomic E-state index is 12.5. The van der Waals surface area contributed by atoms with Gasteiger partial charge in [-0.25, -0.2) is 4.98 Å². The summed E-state index contributed by atoms with van der Waals surface area (Å²) in [5.41, 5.74) is 1.57. The quantitative estimate of drug-likeness (QED) is 0.557. The molecule has 0 radical (unpaired) electrons. The second-order valence-electron chi connectivity index (χ2n) is 2.86. The molecule has 0 unspecified atom stereocenters. The van der Waals surface area contributed by atoms with Crippen molar-refractivity contribution in [3.05, 3.63) is 47.5 Å². The van der Waals surface area contributed by atoms with Crippen LogP contribution in [0.2, 0.25) is 0 Å². The van der Waals surface area contributed by atoms with Crippen LogP contribution in [-0.2, 0) is 0 Å². The van der Waals surface area contributed by atoms with Crippen LogP contribution in [0, 0.1) is 10.9 Å². The van der Waals surface area contributed by atoms with Crippen molar-refractivity contribution in [2.24, 2.45) is 5.18 Å². The first-order valence-electron chi connectivity index (χ1n) is 4.21. The molecule has 0 spiro atoms. The van der Waals surface area contributed by atoms with E-state index in [4.69, 9.17) is 0 Å². The highest BCUT2D eigenvalue weighted by Crippen LogP contribution is 2.18. The molecule has 4 nitrogen and oxygen atoms in total. The number of nitrogens with zero attached hydrogens (tertiary/aromatic N) is 3. The molecule has 5 heteroatoms. The van der Waals surface area contributed by atoms with Crippen LogP contribution >= 0.6 is 0 Å². The zero-order chi connectivity index (χ0) is 10.7. The van der Waals surface area contributed by atoms with Gasteiger partial charge in [0.2, 0.25) is 5.95 Å². The van der Waals surface area contributed by atoms with Crippen molar-refractivity contribution < 1.29 is 4.39 Å². The topological polar surface area (TPSA) is 55.2 Å². The number of halogens is 1. The summed E-state index contributed by atoms with van der Waals surface area (Å²) < 4.78 is 12.5. The molecule has 74 valence electrons. The van der Waals surface area contributed by atoms with Gasteiger partial charge in [-0.1, -0.05) is 0 Å². The van der Waals surface area contributed by atoms with E-state index in [1.807, 2.05) is 0 Å². The number of aromatic nitrogens is 2. The molecular weight excluding hydrogens is 197 g/mol. The Balaban J connectivity index is 2.37. The normalized spacial score (nSPS) is 9.93. The summed E-state index contributed by atoms with van der Waals surface area (Å²) in [6, 6.07) is 5.99. The average Bonchev–Trinajstić information content (AvgIpc) is 2.30. The van der Waals surface area contributed by atoms with Crippen molar-refractivity contribution in [3.8, 4) is 11.3 Å². The van der Waals surface area contributed by atoms with Gasteiger partial charge in [-0.05, 0) is 29.4 Å². The molecule has 0 saturated carbocycles. The Morgan fingerprint density at radius 2 is 1.93 bits per heavy atom. The van der Waals surface area contributed by atoms with Crippen LogP contribution in [-0.4, -0.2) is 9.97 Å². The Kier molecular flexibility index (Phi) is 2.45. The lowest BCUT2D eigenvalue weighted by Gasteiger charge is -1.98. The van der Waals surface area contributed by atoms with Crippen molar-refractivity contribution >= 4 is 5.69 Å². The molecule has 0 aliphatic carbocycles. The molecule has 2 heterocycles. The van der Waals surface area contributed by atoms with Gasteiger partial charge in [0.1, 0.15) is 5.69 Å². The van der Waals surface area contributed by atoms with Crippen LogP contribution in [0.15, 0.2) is 41.8 Å². The predicted octanol–water partition coefficient (Wildman–Crippen LogP) is 2.68. The van der Waals surface area contributed by atoms with Gasteiger partial charge >= 0.3 is 0 Å². The second kappa shape index (κ2) is 3.91. The molecule has 0 fully saturated rings. The van der Waals surface area contributed by atoms with Gasteiger partial charge in [0, 0.05) is 11.8 Å². The van der Waals surface area contributed by atoms with Crippen molar-refractivity contribution in [1.29, 1.82) is 0 Å². The van der Waals surface area contributed by atoms with Crippen LogP contribution in [0.3, 0.4) is 0 Å². The van der Waals surface area contributed by atoms with Gasteiger partial charge in [0.25, 0.3) is 0 Å². The lowest BCUT2D eigenvalue weighted by molar-refractivity contribution is 0.584. The first kappa shape index (κ1) is 9.39. The Morgan fingerprint density at radius 1 is 1.07 bits per heavy atom. The van der Waals surface area contributed by atoms with Gasteiger partial charge in [0.05, 0.1) is 11.9 Å². The molecule has 15 heavy (non-hydrogen) atoms. The van der Waals surface area contributed by atoms with E-state index < -0.39 is 5.95 Å². The molecule has 0 saturated heterocycles. The number of hydrogen-bond acceptors (Lipinski definition) is 4. The van der Waals surface area contributed by atoms with Crippen molar-refractivity contribution in [1.82, 2.24) is 9.97 Å². The summed E-state index contributed by atoms with van der Waals surface area (Å²) in [4.78, 5) is 17.6. The van der Waals surface area contributed by atoms with Gasteiger partial charge < -0.3 is 0 Å². The summed E-state index contributed by atoms with van der Waals surface area (Å²) in [5, 5.41) is 2.73. The SMILES string of the molecule is O=Nc1ccc(-c2ccc(F)nc2)nc1. The number of pyridine rings is 2. The fourth-order valence-electron chi connectivity index (χ4n) is 1.14. The van der Waals surface area contributed by atoms with E-state index in [-0.39, 0.29) is 5.69 Å². The third kappa shape index (κ3) is 2.01. The maximum absolute atomic E-state index is 12.5. The van der Waals surface area contributed by atoms with Crippen molar-refractivity contribution in [2.45, 2.75) is 0 Å². The van der Waals surface area contributed by atoms with Crippen LogP contribution in [0.1, 0.15) is 0 Å². The Bertz CT molecular complexity index is 467. The van der Waals surface area contributed by atoms with Gasteiger partial charge in [-0.3, -0.25) is 4.98 Å². The number of hydrogen-bond donors (Lipinski definition) is 0. The third-order valence-corrected chi connectivity index (χ3v) is 1.88. The Labute approximate surface area is 84.8 Å². The van der Waals surface area contributed by atoms with E-state index in [1.165, 1.54) is 18.5 Å². The average molecular weight is 203 g/mol. The predicted molar refractivity (Wildman–Crippen MR) is 52.9 cm³/mol. The standard InChI is InChI=1S/C10H6FN3O/c11-10-4-1-7(5-13-10)9-3-2-8(14-15)6-12-9/h1-6H. The molecule has 2 aromatic heterocycles. The zero-order valence-corrected chi connectivity index (χ0v) is 7.59. The van der Waals surface area contributed by atoms with E-state index in [2.05, 4.69) is 15.1 Å². The summed E-state index contributed by atoms with van der Waals surface area (Å²) in [6.45, 7) is 0. The lowest BCUT2D eigenvalue weighted by atomic mass is 10.2. The van der Waals surface area contributed by atoms with E-state index in [1.54, 1.807) is 18.2 Å². The first-order valence-corrected chi connectivity index (χ1v) is 4.21. The highest BCUT2D eigenvalue weighted by molar-refractivity contribution is 5.58. The monoisotopic (exact) mass is 203 g/mol. The van der Waals surface area contributed by atoms with Crippen LogP contribution in [0.5, 0.6) is 0 Å². The largest absolute Gasteiger partial charge is 0.254 e. The smallest absolute Gasteiger partial charge is 0.212 e. The van der Waals surface area contributed by atoms with Crippen LogP contribution in [0.25, 0.3) is 11.3 Å². The fraction of sp³-hybridized carbons (Fsp3) is 0. The van der Waals surface area contributed by atoms with Gasteiger partial charge in [0.15, 0.2) is 0 Å². The molecular formula is C10H6FN3O. The zero-order valence-electron chi connectivity index (χ0n) is 7.59. The lowest BCUT2D eigenvalue weighted by Crippen LogP contribution is -1.85. The van der Waals surface area contributed by atoms with E-state index >= 15 is 0 Å². The van der Waals surface area contributed by atoms with Crippen LogP contribution < -0.4 is 0 Å². The molecule has 2 rings (SSSR count). The third-order valence-electron chi connectivity index (χ3n) is 1.88. The minimum Gasteiger partial charge on any atom is -0.254 e. The van der Waals surface area contributed by atoms with E-state index in [9.17, 15) is 9.30 Å². The highest BCUT2D eigenvalue weighted by atomic mass is 19.1. The molecule has 0 atom stereocenters. The fourth-order valence-corrected chi connectivity index (χ4v) is 1.14. The molecule has 0 bridgehead atoms. The number of nitroso groups, excluding NO2 is 1. The first-order chi connectivity index (χ1) is 7.29. The maximum Gasteiger partial charge on any atom is 0.212 e. The van der Waals surface area contributed by atoms with E-state index in [0.717, 1.165) is 0 Å². The second-order valence-corrected chi connectivity index (χ2v) is 2.86. The van der Waals surface area contributed by atoms with Gasteiger partial charge in [-0.2, -0.15) is 4.39 Å². The summed E-state index contributed by atoms with van der Waals surface area (Å²) >= 11 is 0. The molecule has 2 aromatic rings. The Hall–Kier alpha value is -2.17. The Morgan fingerprint density at radius 3 is 2.47 bits per heavy atom. The van der Waals surface area contributed by atoms with Gasteiger partial charge in [-0.15, -0.1) is 4.91 Å².